The van der Waals surface area contributed by atoms with Crippen molar-refractivity contribution < 1.29 is 4.74 Å². The molecule has 2 N–H and O–H groups in total. The number of hydrogen-bond donors (Lipinski definition) is 1. The Kier molecular flexibility index (Phi) is 4.43. The molecule has 0 radical (unpaired) electrons. The minimum atomic E-state index is 0.00238. The zero-order valence-electron chi connectivity index (χ0n) is 10.2. The molecule has 0 aliphatic heterocycles. The zero-order chi connectivity index (χ0) is 12.3. The second kappa shape index (κ2) is 5.85. The Morgan fingerprint density at radius 3 is 2.47 bits per heavy atom. The van der Waals surface area contributed by atoms with Crippen LogP contribution in [0.1, 0.15) is 44.3 Å². The number of nitrogens with two attached hydrogens (primary N) is 1. The summed E-state index contributed by atoms with van der Waals surface area (Å²) < 4.78 is 6.10. The molecule has 1 aromatic rings. The van der Waals surface area contributed by atoms with E-state index in [4.69, 9.17) is 22.1 Å². The summed E-state index contributed by atoms with van der Waals surface area (Å²) in [5.41, 5.74) is 7.29. The van der Waals surface area contributed by atoms with Crippen molar-refractivity contribution in [1.82, 2.24) is 0 Å². The van der Waals surface area contributed by atoms with Gasteiger partial charge in [0.2, 0.25) is 0 Å². The lowest BCUT2D eigenvalue weighted by molar-refractivity contribution is -0.0638. The molecule has 1 aliphatic carbocycles. The molecule has 1 fully saturated rings. The second-order valence-corrected chi connectivity index (χ2v) is 5.17. The van der Waals surface area contributed by atoms with E-state index in [9.17, 15) is 0 Å². The highest BCUT2D eigenvalue weighted by atomic mass is 35.5. The van der Waals surface area contributed by atoms with Crippen LogP contribution in [0.5, 0.6) is 0 Å². The smallest absolute Gasteiger partial charge is 0.0979 e. The van der Waals surface area contributed by atoms with E-state index in [1.165, 1.54) is 19.3 Å². The van der Waals surface area contributed by atoms with Crippen LogP contribution in [0.3, 0.4) is 0 Å². The molecule has 2 rings (SSSR count). The Hall–Kier alpha value is -0.570. The summed E-state index contributed by atoms with van der Waals surface area (Å²) >= 11 is 5.90. The van der Waals surface area contributed by atoms with Crippen molar-refractivity contribution in [1.29, 1.82) is 0 Å². The van der Waals surface area contributed by atoms with Crippen molar-refractivity contribution in [2.45, 2.75) is 50.9 Å². The van der Waals surface area contributed by atoms with Gasteiger partial charge in [-0.25, -0.2) is 0 Å². The first-order chi connectivity index (χ1) is 8.20. The van der Waals surface area contributed by atoms with Gasteiger partial charge in [-0.3, -0.25) is 0 Å². The molecule has 0 heterocycles. The maximum Gasteiger partial charge on any atom is 0.0979 e. The molecule has 0 amide bonds. The van der Waals surface area contributed by atoms with Crippen molar-refractivity contribution in [3.63, 3.8) is 0 Å². The highest BCUT2D eigenvalue weighted by Gasteiger charge is 2.26. The van der Waals surface area contributed by atoms with Crippen molar-refractivity contribution >= 4 is 11.6 Å². The largest absolute Gasteiger partial charge is 0.369 e. The van der Waals surface area contributed by atoms with Crippen LogP contribution in [0.2, 0.25) is 5.02 Å². The van der Waals surface area contributed by atoms with Gasteiger partial charge >= 0.3 is 0 Å². The van der Waals surface area contributed by atoms with E-state index in [1.807, 2.05) is 24.3 Å². The summed E-state index contributed by atoms with van der Waals surface area (Å²) in [7, 11) is 0. The number of rotatable bonds is 5. The summed E-state index contributed by atoms with van der Waals surface area (Å²) in [4.78, 5) is 0. The Morgan fingerprint density at radius 2 is 2.00 bits per heavy atom. The van der Waals surface area contributed by atoms with E-state index in [0.717, 1.165) is 17.0 Å². The Bertz CT molecular complexity index is 348. The zero-order valence-corrected chi connectivity index (χ0v) is 11.0. The van der Waals surface area contributed by atoms with Crippen molar-refractivity contribution in [3.8, 4) is 0 Å². The van der Waals surface area contributed by atoms with Gasteiger partial charge in [0.05, 0.1) is 12.2 Å². The number of benzene rings is 1. The maximum atomic E-state index is 6.16. The second-order valence-electron chi connectivity index (χ2n) is 4.73. The summed E-state index contributed by atoms with van der Waals surface area (Å²) in [6.07, 6.45) is 4.93. The molecular weight excluding hydrogens is 234 g/mol. The molecule has 2 atom stereocenters. The topological polar surface area (TPSA) is 35.2 Å². The third-order valence-corrected chi connectivity index (χ3v) is 3.70. The normalized spacial score (nSPS) is 19.7. The highest BCUT2D eigenvalue weighted by Crippen LogP contribution is 2.31. The van der Waals surface area contributed by atoms with Crippen molar-refractivity contribution in [2.75, 3.05) is 0 Å². The molecule has 2 unspecified atom stereocenters. The molecule has 0 aromatic heterocycles. The van der Waals surface area contributed by atoms with Crippen LogP contribution in [0, 0.1) is 0 Å². The first kappa shape index (κ1) is 12.9. The van der Waals surface area contributed by atoms with Crippen LogP contribution in [-0.2, 0) is 4.74 Å². The van der Waals surface area contributed by atoms with Gasteiger partial charge < -0.3 is 10.5 Å². The van der Waals surface area contributed by atoms with Gasteiger partial charge in [-0.15, -0.1) is 0 Å². The number of ether oxygens (including phenoxy) is 1. The highest BCUT2D eigenvalue weighted by molar-refractivity contribution is 6.30. The van der Waals surface area contributed by atoms with E-state index >= 15 is 0 Å². The van der Waals surface area contributed by atoms with Crippen LogP contribution in [0.4, 0.5) is 0 Å². The Morgan fingerprint density at radius 1 is 1.35 bits per heavy atom. The molecule has 94 valence electrons. The maximum absolute atomic E-state index is 6.16. The lowest BCUT2D eigenvalue weighted by Gasteiger charge is -2.33. The van der Waals surface area contributed by atoms with E-state index in [1.54, 1.807) is 0 Å². The molecule has 1 aliphatic rings. The van der Waals surface area contributed by atoms with E-state index in [2.05, 4.69) is 6.92 Å². The molecule has 1 saturated carbocycles. The molecule has 3 heteroatoms. The van der Waals surface area contributed by atoms with Crippen LogP contribution < -0.4 is 5.73 Å². The lowest BCUT2D eigenvalue weighted by Crippen LogP contribution is -2.34. The monoisotopic (exact) mass is 253 g/mol. The van der Waals surface area contributed by atoms with Crippen LogP contribution in [-0.4, -0.2) is 12.1 Å². The van der Waals surface area contributed by atoms with Gasteiger partial charge in [0.25, 0.3) is 0 Å². The fourth-order valence-corrected chi connectivity index (χ4v) is 2.13. The molecule has 17 heavy (non-hydrogen) atoms. The fraction of sp³-hybridized carbons (Fsp3) is 0.571. The average molecular weight is 254 g/mol. The molecule has 0 bridgehead atoms. The van der Waals surface area contributed by atoms with E-state index in [0.29, 0.717) is 6.10 Å². The van der Waals surface area contributed by atoms with Crippen LogP contribution in [0.25, 0.3) is 0 Å². The predicted octanol–water partition coefficient (Wildman–Crippen LogP) is 3.69. The first-order valence-electron chi connectivity index (χ1n) is 6.37. The lowest BCUT2D eigenvalue weighted by atomic mass is 9.94. The summed E-state index contributed by atoms with van der Waals surface area (Å²) in [6.45, 7) is 2.09. The Labute approximate surface area is 108 Å². The fourth-order valence-electron chi connectivity index (χ4n) is 2.01. The van der Waals surface area contributed by atoms with Gasteiger partial charge in [-0.2, -0.15) is 0 Å². The Balaban J connectivity index is 2.10. The van der Waals surface area contributed by atoms with E-state index < -0.39 is 0 Å². The van der Waals surface area contributed by atoms with Gasteiger partial charge in [0, 0.05) is 11.1 Å². The molecule has 1 aromatic carbocycles. The minimum absolute atomic E-state index is 0.00238. The van der Waals surface area contributed by atoms with Gasteiger partial charge in [0.15, 0.2) is 0 Å². The standard InChI is InChI=1S/C14H20ClNO/c1-2-13(16)14(17-12-4-3-5-12)10-6-8-11(15)9-7-10/h6-9,12-14H,2-5,16H2,1H3. The SMILES string of the molecule is CCC(N)C(OC1CCC1)c1ccc(Cl)cc1. The summed E-state index contributed by atoms with van der Waals surface area (Å²) in [5, 5.41) is 0.751. The average Bonchev–Trinajstić information content (AvgIpc) is 2.29. The van der Waals surface area contributed by atoms with E-state index in [-0.39, 0.29) is 12.1 Å². The molecule has 2 nitrogen and oxygen atoms in total. The molecule has 0 saturated heterocycles. The van der Waals surface area contributed by atoms with Crippen LogP contribution >= 0.6 is 11.6 Å². The first-order valence-corrected chi connectivity index (χ1v) is 6.75. The summed E-state index contributed by atoms with van der Waals surface area (Å²) in [5.74, 6) is 0. The quantitative estimate of drug-likeness (QED) is 0.869. The van der Waals surface area contributed by atoms with Gasteiger partial charge in [-0.1, -0.05) is 30.7 Å². The predicted molar refractivity (Wildman–Crippen MR) is 71.2 cm³/mol. The number of halogens is 1. The van der Waals surface area contributed by atoms with Crippen molar-refractivity contribution in [2.24, 2.45) is 5.73 Å². The number of hydrogen-bond acceptors (Lipinski definition) is 2. The summed E-state index contributed by atoms with van der Waals surface area (Å²) in [6, 6.07) is 7.88. The minimum Gasteiger partial charge on any atom is -0.369 e. The van der Waals surface area contributed by atoms with Crippen LogP contribution in [0.15, 0.2) is 24.3 Å². The third kappa shape index (κ3) is 3.21. The van der Waals surface area contributed by atoms with Gasteiger partial charge in [0.1, 0.15) is 0 Å². The van der Waals surface area contributed by atoms with Gasteiger partial charge in [-0.05, 0) is 43.4 Å². The third-order valence-electron chi connectivity index (χ3n) is 3.45. The van der Waals surface area contributed by atoms with Crippen molar-refractivity contribution in [3.05, 3.63) is 34.9 Å². The molecular formula is C14H20ClNO. The molecule has 0 spiro atoms.